The van der Waals surface area contributed by atoms with Crippen LogP contribution < -0.4 is 14.2 Å². The predicted molar refractivity (Wildman–Crippen MR) is 198 cm³/mol. The summed E-state index contributed by atoms with van der Waals surface area (Å²) in [6.07, 6.45) is 5.36. The Bertz CT molecular complexity index is 2330. The van der Waals surface area contributed by atoms with Crippen molar-refractivity contribution in [3.8, 4) is 16.9 Å². The number of rotatable bonds is 13. The molecule has 3 aromatic carbocycles. The van der Waals surface area contributed by atoms with E-state index in [9.17, 15) is 25.9 Å². The van der Waals surface area contributed by atoms with E-state index in [0.717, 1.165) is 58.0 Å². The number of aryl methyl sites for hydroxylation is 2. The van der Waals surface area contributed by atoms with Gasteiger partial charge in [-0.05, 0) is 11.4 Å². The number of allylic oxidation sites excluding steroid dienone is 2. The van der Waals surface area contributed by atoms with Crippen molar-refractivity contribution in [3.05, 3.63) is 86.8 Å². The van der Waals surface area contributed by atoms with Crippen LogP contribution in [-0.2, 0) is 26.8 Å². The van der Waals surface area contributed by atoms with Crippen LogP contribution in [-0.4, -0.2) is 65.6 Å². The third kappa shape index (κ3) is 8.34. The topological polar surface area (TPSA) is 131 Å². The molecule has 49 heavy (non-hydrogen) atoms. The molecule has 3 heterocycles. The fraction of sp³-hybridized carbons (Fsp3) is 0.286. The number of anilines is 1. The fourth-order valence-electron chi connectivity index (χ4n) is 5.98. The van der Waals surface area contributed by atoms with E-state index in [1.807, 2.05) is 19.1 Å². The van der Waals surface area contributed by atoms with Crippen LogP contribution in [0, 0.1) is 6.92 Å². The summed E-state index contributed by atoms with van der Waals surface area (Å²) in [4.78, 5) is 3.15. The number of thioether (sulfide) groups is 1. The number of hydrogen-bond donors (Lipinski definition) is 0. The zero-order chi connectivity index (χ0) is 34.9. The molecule has 14 heteroatoms. The fourth-order valence-corrected chi connectivity index (χ4v) is 11.5. The molecule has 0 fully saturated rings. The number of nitrogens with zero attached hydrogens (tertiary/aromatic N) is 2. The Kier molecular flexibility index (Phi) is 10.8. The first-order valence-electron chi connectivity index (χ1n) is 15.7. The molecule has 2 aromatic heterocycles. The maximum atomic E-state index is 11.5. The Hall–Kier alpha value is -2.94. The average Bonchev–Trinajstić information content (AvgIpc) is 3.74. The number of benzene rings is 3. The van der Waals surface area contributed by atoms with Crippen LogP contribution in [0.4, 0.5) is 5.69 Å². The summed E-state index contributed by atoms with van der Waals surface area (Å²) in [5.74, 6) is -0.0950. The van der Waals surface area contributed by atoms with Gasteiger partial charge in [0.15, 0.2) is 0 Å². The summed E-state index contributed by atoms with van der Waals surface area (Å²) in [7, 11) is -7.07. The molecule has 0 spiro atoms. The second-order valence-electron chi connectivity index (χ2n) is 11.7. The van der Waals surface area contributed by atoms with E-state index in [-0.39, 0.29) is 27.3 Å². The molecule has 0 aliphatic carbocycles. The average molecular weight is 803 g/mol. The molecular weight excluding hydrogens is 768 g/mol. The quantitative estimate of drug-likeness (QED) is 0.0744. The van der Waals surface area contributed by atoms with Crippen molar-refractivity contribution in [2.24, 2.45) is 0 Å². The Morgan fingerprint density at radius 2 is 1.80 bits per heavy atom. The van der Waals surface area contributed by atoms with Gasteiger partial charge in [-0.1, -0.05) is 6.07 Å². The normalized spacial score (nSPS) is 14.8. The molecule has 0 N–H and O–H groups in total. The van der Waals surface area contributed by atoms with Gasteiger partial charge in [0, 0.05) is 0 Å². The van der Waals surface area contributed by atoms with Gasteiger partial charge in [-0.3, -0.25) is 0 Å². The molecule has 1 aliphatic heterocycles. The van der Waals surface area contributed by atoms with Gasteiger partial charge in [-0.2, -0.15) is 0 Å². The number of hydrogen-bond acceptors (Lipinski definition) is 10. The summed E-state index contributed by atoms with van der Waals surface area (Å²) < 4.78 is 79.9. The van der Waals surface area contributed by atoms with Crippen molar-refractivity contribution in [1.82, 2.24) is 0 Å². The van der Waals surface area contributed by atoms with Gasteiger partial charge in [-0.15, -0.1) is 0 Å². The third-order valence-electron chi connectivity index (χ3n) is 8.35. The molecular formula is C35H35N2O7S4Se-. The van der Waals surface area contributed by atoms with Gasteiger partial charge in [0.1, 0.15) is 0 Å². The first-order chi connectivity index (χ1) is 23.3. The van der Waals surface area contributed by atoms with E-state index in [0.29, 0.717) is 19.5 Å². The van der Waals surface area contributed by atoms with Crippen LogP contribution in [0.25, 0.3) is 37.1 Å². The van der Waals surface area contributed by atoms with E-state index in [2.05, 4.69) is 76.4 Å². The van der Waals surface area contributed by atoms with Crippen LogP contribution >= 0.6 is 23.1 Å². The minimum absolute atomic E-state index is 0.1000. The van der Waals surface area contributed by atoms with Gasteiger partial charge in [-0.25, -0.2) is 0 Å². The number of thiophene rings is 1. The standard InChI is InChI=1S/C35H36N2O7S4Se/c1-4-24(20-34-37(14-7-17-48(41,42)43)29-18-23(2)30(44-3)22-32(29)49-34)19-33-36(13-6-16-47(38,39)40)28-21-26(10-11-31(28)46-33)27-9-5-8-25-12-15-45-35(25)27/h5,8-12,15,18-22H,4,6-7,13-14,16-17H2,1-3H3,(H-,38,39,40,41,42,43)/p-1. The van der Waals surface area contributed by atoms with Gasteiger partial charge in [0.05, 0.1) is 0 Å². The van der Waals surface area contributed by atoms with Crippen molar-refractivity contribution in [3.63, 3.8) is 0 Å². The van der Waals surface area contributed by atoms with Crippen LogP contribution in [0.2, 0.25) is 0 Å². The van der Waals surface area contributed by atoms with Crippen LogP contribution in [0.1, 0.15) is 36.3 Å². The molecule has 9 nitrogen and oxygen atoms in total. The van der Waals surface area contributed by atoms with Gasteiger partial charge in [0.2, 0.25) is 0 Å². The zero-order valence-electron chi connectivity index (χ0n) is 27.2. The van der Waals surface area contributed by atoms with Crippen molar-refractivity contribution >= 4 is 89.5 Å². The molecule has 6 rings (SSSR count). The van der Waals surface area contributed by atoms with Crippen LogP contribution in [0.5, 0.6) is 5.75 Å². The summed E-state index contributed by atoms with van der Waals surface area (Å²) in [6, 6.07) is 18.8. The van der Waals surface area contributed by atoms with Gasteiger partial charge >= 0.3 is 285 Å². The van der Waals surface area contributed by atoms with E-state index >= 15 is 0 Å². The maximum absolute atomic E-state index is 11.5. The summed E-state index contributed by atoms with van der Waals surface area (Å²) in [6.45, 7) is 4.78. The Morgan fingerprint density at radius 3 is 2.53 bits per heavy atom. The molecule has 5 aromatic rings. The molecule has 0 saturated carbocycles. The Labute approximate surface area is 301 Å². The second kappa shape index (κ2) is 14.7. The van der Waals surface area contributed by atoms with E-state index < -0.39 is 31.7 Å². The number of fused-ring (bicyclic) bond motifs is 3. The summed E-state index contributed by atoms with van der Waals surface area (Å²) in [5, 5.41) is 4.20. The number of ether oxygens (including phenoxy) is 1. The van der Waals surface area contributed by atoms with Crippen molar-refractivity contribution < 1.29 is 35.2 Å². The van der Waals surface area contributed by atoms with Gasteiger partial charge in [0.25, 0.3) is 0 Å². The molecule has 258 valence electrons. The minimum atomic E-state index is -4.37. The van der Waals surface area contributed by atoms with Crippen molar-refractivity contribution in [2.45, 2.75) is 44.6 Å². The second-order valence-corrected chi connectivity index (χ2v) is 19.0. The number of methoxy groups -OCH3 is 1. The Morgan fingerprint density at radius 1 is 1.02 bits per heavy atom. The third-order valence-corrected chi connectivity index (χ3v) is 14.3. The van der Waals surface area contributed by atoms with Gasteiger partial charge < -0.3 is 0 Å². The Balaban J connectivity index is 1.40. The summed E-state index contributed by atoms with van der Waals surface area (Å²) in [5.41, 5.74) is 6.15. The predicted octanol–water partition coefficient (Wildman–Crippen LogP) is 6.50. The first-order valence-corrected chi connectivity index (χ1v) is 22.3. The molecule has 0 amide bonds. The summed E-state index contributed by atoms with van der Waals surface area (Å²) >= 11 is 3.20. The SMILES string of the molecule is CCC(/C=C1\Sc2ccc(-c3cccc4ccsc34)cc2N1CCCS(=O)(=O)[O-])=C\c1[se]c2cc(OC)c(C)cc2[n+]1CCCS(=O)(=O)[O-]. The monoisotopic (exact) mass is 803 g/mol. The molecule has 0 unspecified atom stereocenters. The first kappa shape index (κ1) is 35.9. The molecule has 1 aliphatic rings. The van der Waals surface area contributed by atoms with E-state index in [4.69, 9.17) is 4.74 Å². The van der Waals surface area contributed by atoms with Crippen molar-refractivity contribution in [1.29, 1.82) is 0 Å². The van der Waals surface area contributed by atoms with E-state index in [1.54, 1.807) is 30.2 Å². The van der Waals surface area contributed by atoms with Crippen LogP contribution in [0.3, 0.4) is 0 Å². The molecule has 0 atom stereocenters. The zero-order valence-corrected chi connectivity index (χ0v) is 32.2. The molecule has 0 radical (unpaired) electrons. The van der Waals surface area contributed by atoms with Crippen molar-refractivity contribution in [2.75, 3.05) is 30.1 Å². The molecule has 0 bridgehead atoms. The molecule has 0 saturated heterocycles. The van der Waals surface area contributed by atoms with Crippen LogP contribution in [0.15, 0.2) is 81.6 Å². The number of aromatic nitrogens is 1. The van der Waals surface area contributed by atoms with E-state index in [1.165, 1.54) is 10.1 Å².